The Morgan fingerprint density at radius 3 is 2.27 bits per heavy atom. The van der Waals surface area contributed by atoms with Gasteiger partial charge in [-0.25, -0.2) is 0 Å². The fourth-order valence-electron chi connectivity index (χ4n) is 2.22. The number of hydrogen-bond acceptors (Lipinski definition) is 2. The minimum absolute atomic E-state index is 0.0310. The van der Waals surface area contributed by atoms with Gasteiger partial charge in [0.05, 0.1) is 17.7 Å². The first-order chi connectivity index (χ1) is 10.5. The fourth-order valence-corrected chi connectivity index (χ4v) is 2.22. The molecule has 3 heteroatoms. The highest BCUT2D eigenvalue weighted by molar-refractivity contribution is 5.97. The maximum Gasteiger partial charge on any atom is 0.255 e. The van der Waals surface area contributed by atoms with Gasteiger partial charge >= 0.3 is 0 Å². The molecule has 2 aromatic carbocycles. The molecule has 0 saturated carbocycles. The molecule has 0 bridgehead atoms. The number of ether oxygens (including phenoxy) is 1. The minimum Gasteiger partial charge on any atom is -0.490 e. The van der Waals surface area contributed by atoms with Gasteiger partial charge in [0.1, 0.15) is 5.75 Å². The van der Waals surface area contributed by atoms with Crippen molar-refractivity contribution < 1.29 is 9.53 Å². The molecule has 0 aliphatic heterocycles. The Kier molecular flexibility index (Phi) is 5.21. The molecule has 0 unspecified atom stereocenters. The molecule has 3 nitrogen and oxygen atoms in total. The molecule has 2 rings (SSSR count). The van der Waals surface area contributed by atoms with E-state index < -0.39 is 0 Å². The van der Waals surface area contributed by atoms with Gasteiger partial charge in [-0.05, 0) is 45.4 Å². The fraction of sp³-hybridized carbons (Fsp3) is 0.316. The van der Waals surface area contributed by atoms with Crippen LogP contribution in [-0.4, -0.2) is 12.0 Å². The van der Waals surface area contributed by atoms with Gasteiger partial charge in [-0.15, -0.1) is 0 Å². The third kappa shape index (κ3) is 4.10. The van der Waals surface area contributed by atoms with Crippen molar-refractivity contribution in [3.8, 4) is 5.75 Å². The van der Waals surface area contributed by atoms with E-state index in [4.69, 9.17) is 4.74 Å². The zero-order valence-corrected chi connectivity index (χ0v) is 13.6. The second kappa shape index (κ2) is 7.12. The number of carbonyl (C=O) groups is 1. The Bertz CT molecular complexity index is 632. The van der Waals surface area contributed by atoms with Gasteiger partial charge in [0.2, 0.25) is 0 Å². The molecular weight excluding hydrogens is 274 g/mol. The van der Waals surface area contributed by atoms with Crippen molar-refractivity contribution >= 4 is 5.91 Å². The van der Waals surface area contributed by atoms with E-state index in [1.165, 1.54) is 5.56 Å². The largest absolute Gasteiger partial charge is 0.490 e. The summed E-state index contributed by atoms with van der Waals surface area (Å²) in [4.78, 5) is 12.5. The van der Waals surface area contributed by atoms with Crippen molar-refractivity contribution in [2.75, 3.05) is 0 Å². The smallest absolute Gasteiger partial charge is 0.255 e. The first kappa shape index (κ1) is 16.1. The van der Waals surface area contributed by atoms with Gasteiger partial charge in [-0.3, -0.25) is 4.79 Å². The Balaban J connectivity index is 2.13. The Morgan fingerprint density at radius 2 is 1.64 bits per heavy atom. The van der Waals surface area contributed by atoms with E-state index in [0.717, 1.165) is 5.56 Å². The van der Waals surface area contributed by atoms with Crippen LogP contribution >= 0.6 is 0 Å². The molecule has 0 spiro atoms. The normalized spacial score (nSPS) is 12.0. The van der Waals surface area contributed by atoms with E-state index in [1.54, 1.807) is 6.07 Å². The van der Waals surface area contributed by atoms with Gasteiger partial charge in [0, 0.05) is 0 Å². The summed E-state index contributed by atoms with van der Waals surface area (Å²) < 4.78 is 5.71. The lowest BCUT2D eigenvalue weighted by molar-refractivity contribution is 0.0934. The molecule has 0 heterocycles. The van der Waals surface area contributed by atoms with E-state index in [-0.39, 0.29) is 18.1 Å². The second-order valence-corrected chi connectivity index (χ2v) is 5.77. The van der Waals surface area contributed by atoms with Crippen molar-refractivity contribution in [3.63, 3.8) is 0 Å². The monoisotopic (exact) mass is 297 g/mol. The van der Waals surface area contributed by atoms with Gasteiger partial charge in [0.25, 0.3) is 5.91 Å². The number of carbonyl (C=O) groups excluding carboxylic acids is 1. The number of para-hydroxylation sites is 1. The summed E-state index contributed by atoms with van der Waals surface area (Å²) >= 11 is 0. The van der Waals surface area contributed by atoms with E-state index >= 15 is 0 Å². The maximum absolute atomic E-state index is 12.5. The number of rotatable bonds is 5. The lowest BCUT2D eigenvalue weighted by atomic mass is 10.1. The van der Waals surface area contributed by atoms with Crippen LogP contribution in [0.25, 0.3) is 0 Å². The Labute approximate surface area is 132 Å². The third-order valence-corrected chi connectivity index (χ3v) is 3.42. The summed E-state index contributed by atoms with van der Waals surface area (Å²) in [6.07, 6.45) is 0.0310. The molecule has 0 saturated heterocycles. The van der Waals surface area contributed by atoms with E-state index in [1.807, 2.05) is 70.2 Å². The number of benzene rings is 2. The molecule has 0 radical (unpaired) electrons. The number of aryl methyl sites for hydroxylation is 1. The van der Waals surface area contributed by atoms with Crippen LogP contribution in [0.2, 0.25) is 0 Å². The lowest BCUT2D eigenvalue weighted by Crippen LogP contribution is -2.27. The summed E-state index contributed by atoms with van der Waals surface area (Å²) in [5.74, 6) is 0.496. The van der Waals surface area contributed by atoms with E-state index in [2.05, 4.69) is 5.32 Å². The highest BCUT2D eigenvalue weighted by Crippen LogP contribution is 2.21. The molecule has 116 valence electrons. The maximum atomic E-state index is 12.5. The van der Waals surface area contributed by atoms with Crippen LogP contribution in [0.1, 0.15) is 48.3 Å². The van der Waals surface area contributed by atoms with Crippen molar-refractivity contribution in [3.05, 3.63) is 65.2 Å². The highest BCUT2D eigenvalue weighted by atomic mass is 16.5. The van der Waals surface area contributed by atoms with Crippen molar-refractivity contribution in [2.45, 2.75) is 39.8 Å². The number of hydrogen-bond donors (Lipinski definition) is 1. The molecule has 0 aliphatic rings. The summed E-state index contributed by atoms with van der Waals surface area (Å²) in [6, 6.07) is 15.5. The molecule has 1 amide bonds. The van der Waals surface area contributed by atoms with Gasteiger partial charge < -0.3 is 10.1 Å². The van der Waals surface area contributed by atoms with Gasteiger partial charge in [0.15, 0.2) is 0 Å². The van der Waals surface area contributed by atoms with E-state index in [9.17, 15) is 4.79 Å². The number of amides is 1. The average molecular weight is 297 g/mol. The lowest BCUT2D eigenvalue weighted by Gasteiger charge is -2.17. The number of nitrogens with one attached hydrogen (secondary N) is 1. The van der Waals surface area contributed by atoms with Gasteiger partial charge in [-0.1, -0.05) is 42.0 Å². The summed E-state index contributed by atoms with van der Waals surface area (Å²) in [5.41, 5.74) is 2.86. The predicted octanol–water partition coefficient (Wildman–Crippen LogP) is 4.27. The summed E-state index contributed by atoms with van der Waals surface area (Å²) in [6.45, 7) is 7.92. The van der Waals surface area contributed by atoms with Crippen LogP contribution in [-0.2, 0) is 0 Å². The van der Waals surface area contributed by atoms with Crippen LogP contribution in [0.15, 0.2) is 48.5 Å². The topological polar surface area (TPSA) is 38.3 Å². The van der Waals surface area contributed by atoms with Crippen LogP contribution in [0.3, 0.4) is 0 Å². The molecule has 2 aromatic rings. The molecule has 22 heavy (non-hydrogen) atoms. The molecule has 0 aromatic heterocycles. The van der Waals surface area contributed by atoms with Crippen molar-refractivity contribution in [1.29, 1.82) is 0 Å². The Morgan fingerprint density at radius 1 is 1.00 bits per heavy atom. The molecular formula is C19H23NO2. The van der Waals surface area contributed by atoms with Crippen molar-refractivity contribution in [1.82, 2.24) is 5.32 Å². The summed E-state index contributed by atoms with van der Waals surface area (Å²) in [5, 5.41) is 3.03. The molecule has 1 atom stereocenters. The standard InChI is InChI=1S/C19H23NO2/c1-13(2)22-18-8-6-5-7-17(18)19(21)20-15(4)16-11-9-14(3)10-12-16/h5-13,15H,1-4H3,(H,20,21)/t15-/m0/s1. The first-order valence-electron chi connectivity index (χ1n) is 7.60. The van der Waals surface area contributed by atoms with Crippen LogP contribution in [0.5, 0.6) is 5.75 Å². The predicted molar refractivity (Wildman–Crippen MR) is 89.3 cm³/mol. The van der Waals surface area contributed by atoms with Crippen molar-refractivity contribution in [2.24, 2.45) is 0 Å². The third-order valence-electron chi connectivity index (χ3n) is 3.42. The summed E-state index contributed by atoms with van der Waals surface area (Å²) in [7, 11) is 0. The highest BCUT2D eigenvalue weighted by Gasteiger charge is 2.16. The molecule has 0 aliphatic carbocycles. The zero-order chi connectivity index (χ0) is 16.1. The SMILES string of the molecule is Cc1ccc([C@H](C)NC(=O)c2ccccc2OC(C)C)cc1. The molecule has 1 N–H and O–H groups in total. The first-order valence-corrected chi connectivity index (χ1v) is 7.60. The van der Waals surface area contributed by atoms with Crippen LogP contribution < -0.4 is 10.1 Å². The van der Waals surface area contributed by atoms with E-state index in [0.29, 0.717) is 11.3 Å². The Hall–Kier alpha value is -2.29. The average Bonchev–Trinajstić information content (AvgIpc) is 2.47. The second-order valence-electron chi connectivity index (χ2n) is 5.77. The van der Waals surface area contributed by atoms with Crippen LogP contribution in [0.4, 0.5) is 0 Å². The minimum atomic E-state index is -0.121. The zero-order valence-electron chi connectivity index (χ0n) is 13.6. The quantitative estimate of drug-likeness (QED) is 0.895. The van der Waals surface area contributed by atoms with Crippen LogP contribution in [0, 0.1) is 6.92 Å². The molecule has 0 fully saturated rings. The van der Waals surface area contributed by atoms with Gasteiger partial charge in [-0.2, -0.15) is 0 Å².